The van der Waals surface area contributed by atoms with Gasteiger partial charge in [0.25, 0.3) is 0 Å². The Morgan fingerprint density at radius 2 is 1.02 bits per heavy atom. The average molecular weight is 732 g/mol. The van der Waals surface area contributed by atoms with Crippen molar-refractivity contribution in [3.8, 4) is 51.0 Å². The Morgan fingerprint density at radius 1 is 0.456 bits per heavy atom. The second-order valence-electron chi connectivity index (χ2n) is 14.2. The van der Waals surface area contributed by atoms with Gasteiger partial charge in [-0.3, -0.25) is 4.57 Å². The lowest BCUT2D eigenvalue weighted by atomic mass is 9.96. The fourth-order valence-corrected chi connectivity index (χ4v) is 7.78. The summed E-state index contributed by atoms with van der Waals surface area (Å²) in [5, 5.41) is 2.28. The van der Waals surface area contributed by atoms with Crippen molar-refractivity contribution in [1.29, 1.82) is 0 Å². The number of aromatic nitrogens is 4. The zero-order valence-electron chi connectivity index (χ0n) is 31.2. The zero-order chi connectivity index (χ0) is 38.1. The quantitative estimate of drug-likeness (QED) is 0.171. The minimum Gasteiger partial charge on any atom is -0.337 e. The largest absolute Gasteiger partial charge is 0.337 e. The number of anilines is 2. The van der Waals surface area contributed by atoms with Crippen LogP contribution < -0.4 is 4.90 Å². The van der Waals surface area contributed by atoms with Gasteiger partial charge in [0.15, 0.2) is 11.6 Å². The summed E-state index contributed by atoms with van der Waals surface area (Å²) >= 11 is 0. The summed E-state index contributed by atoms with van der Waals surface area (Å²) in [6.07, 6.45) is 8.43. The fraction of sp³-hybridized carbons (Fsp3) is 0.0192. The standard InChI is InChI=1S/C52H37N5/c1-36-16-6-5-15-33-56(43-21-11-4-12-22-43)48-34-41(29-31-44(36)48)37-25-27-38(28-26-37)42-30-32-46-45-23-13-14-24-47(45)57(49(46)35-42)52-54-50(39-17-7-2-8-18-39)53-51(55-52)40-19-9-3-10-20-40/h2-32,34-35H,1,33H2/b15-5-,16-6-. The van der Waals surface area contributed by atoms with E-state index in [0.717, 1.165) is 84.2 Å². The van der Waals surface area contributed by atoms with Gasteiger partial charge in [0, 0.05) is 45.4 Å². The average Bonchev–Trinajstić information content (AvgIpc) is 3.65. The van der Waals surface area contributed by atoms with Crippen molar-refractivity contribution in [2.24, 2.45) is 0 Å². The van der Waals surface area contributed by atoms with Crippen molar-refractivity contribution in [1.82, 2.24) is 19.5 Å². The molecule has 1 aliphatic rings. The Bertz CT molecular complexity index is 2920. The third-order valence-electron chi connectivity index (χ3n) is 10.6. The molecule has 0 bridgehead atoms. The molecule has 2 aromatic heterocycles. The predicted molar refractivity (Wildman–Crippen MR) is 237 cm³/mol. The molecule has 0 saturated heterocycles. The molecule has 0 saturated carbocycles. The first-order valence-electron chi connectivity index (χ1n) is 19.2. The predicted octanol–water partition coefficient (Wildman–Crippen LogP) is 12.9. The third kappa shape index (κ3) is 6.41. The second kappa shape index (κ2) is 14.5. The van der Waals surface area contributed by atoms with Gasteiger partial charge in [0.05, 0.1) is 11.0 Å². The van der Waals surface area contributed by atoms with Crippen LogP contribution in [0.1, 0.15) is 5.56 Å². The van der Waals surface area contributed by atoms with Crippen LogP contribution >= 0.6 is 0 Å². The van der Waals surface area contributed by atoms with Gasteiger partial charge in [-0.15, -0.1) is 0 Å². The summed E-state index contributed by atoms with van der Waals surface area (Å²) in [5.74, 6) is 1.84. The van der Waals surface area contributed by atoms with E-state index >= 15 is 0 Å². The highest BCUT2D eigenvalue weighted by Gasteiger charge is 2.19. The summed E-state index contributed by atoms with van der Waals surface area (Å²) in [6, 6.07) is 61.5. The number of allylic oxidation sites excluding steroid dienone is 4. The van der Waals surface area contributed by atoms with Gasteiger partial charge in [0.1, 0.15) is 0 Å². The summed E-state index contributed by atoms with van der Waals surface area (Å²) < 4.78 is 2.18. The summed E-state index contributed by atoms with van der Waals surface area (Å²) in [7, 11) is 0. The first-order valence-corrected chi connectivity index (χ1v) is 19.2. The van der Waals surface area contributed by atoms with Crippen LogP contribution in [0.2, 0.25) is 0 Å². The highest BCUT2D eigenvalue weighted by molar-refractivity contribution is 6.10. The number of hydrogen-bond donors (Lipinski definition) is 0. The zero-order valence-corrected chi connectivity index (χ0v) is 31.2. The molecular weight excluding hydrogens is 695 g/mol. The highest BCUT2D eigenvalue weighted by atomic mass is 15.2. The molecule has 1 aliphatic heterocycles. The maximum absolute atomic E-state index is 5.12. The van der Waals surface area contributed by atoms with Crippen LogP contribution in [-0.4, -0.2) is 26.1 Å². The molecule has 0 radical (unpaired) electrons. The number of rotatable bonds is 6. The van der Waals surface area contributed by atoms with E-state index in [1.807, 2.05) is 60.7 Å². The maximum atomic E-state index is 5.12. The van der Waals surface area contributed by atoms with Crippen LogP contribution in [0.5, 0.6) is 0 Å². The topological polar surface area (TPSA) is 46.8 Å². The van der Waals surface area contributed by atoms with Crippen LogP contribution in [0.25, 0.3) is 78.4 Å². The third-order valence-corrected chi connectivity index (χ3v) is 10.6. The number of hydrogen-bond acceptors (Lipinski definition) is 4. The molecule has 0 fully saturated rings. The summed E-state index contributed by atoms with van der Waals surface area (Å²) in [5.41, 5.74) is 12.8. The van der Waals surface area contributed by atoms with Crippen molar-refractivity contribution in [2.75, 3.05) is 11.4 Å². The number of para-hydroxylation sites is 2. The SMILES string of the molecule is C=C1/C=C\C=C/CN(c2ccccc2)c2cc(-c3ccc(-c4ccc5c6ccccc6n(-c6nc(-c7ccccc7)nc(-c7ccccc7)n6)c5c4)cc3)ccc21. The number of nitrogens with zero attached hydrogens (tertiary/aromatic N) is 5. The lowest BCUT2D eigenvalue weighted by molar-refractivity contribution is 0.953. The van der Waals surface area contributed by atoms with E-state index in [-0.39, 0.29) is 0 Å². The Hall–Kier alpha value is -7.63. The summed E-state index contributed by atoms with van der Waals surface area (Å²) in [4.78, 5) is 17.5. The smallest absolute Gasteiger partial charge is 0.238 e. The van der Waals surface area contributed by atoms with E-state index in [4.69, 9.17) is 15.0 Å². The van der Waals surface area contributed by atoms with Gasteiger partial charge < -0.3 is 4.90 Å². The molecule has 270 valence electrons. The molecule has 0 unspecified atom stereocenters. The van der Waals surface area contributed by atoms with Crippen molar-refractivity contribution in [2.45, 2.75) is 0 Å². The van der Waals surface area contributed by atoms with Crippen LogP contribution in [0, 0.1) is 0 Å². The first-order chi connectivity index (χ1) is 28.2. The molecule has 57 heavy (non-hydrogen) atoms. The second-order valence-corrected chi connectivity index (χ2v) is 14.2. The van der Waals surface area contributed by atoms with E-state index in [1.54, 1.807) is 0 Å². The van der Waals surface area contributed by atoms with Gasteiger partial charge in [-0.1, -0.05) is 176 Å². The molecule has 0 aliphatic carbocycles. The normalized spacial score (nSPS) is 13.8. The molecule has 5 heteroatoms. The van der Waals surface area contributed by atoms with Gasteiger partial charge in [-0.25, -0.2) is 4.98 Å². The summed E-state index contributed by atoms with van der Waals surface area (Å²) in [6.45, 7) is 5.16. The minimum atomic E-state index is 0.578. The van der Waals surface area contributed by atoms with Crippen molar-refractivity contribution in [3.05, 3.63) is 212 Å². The Labute approximate surface area is 331 Å². The van der Waals surface area contributed by atoms with E-state index in [1.165, 1.54) is 0 Å². The molecule has 5 nitrogen and oxygen atoms in total. The monoisotopic (exact) mass is 731 g/mol. The first kappa shape index (κ1) is 33.9. The molecular formula is C52H37N5. The van der Waals surface area contributed by atoms with E-state index in [9.17, 15) is 0 Å². The molecule has 0 spiro atoms. The number of benzene rings is 7. The van der Waals surface area contributed by atoms with E-state index < -0.39 is 0 Å². The molecule has 0 N–H and O–H groups in total. The Balaban J connectivity index is 1.07. The van der Waals surface area contributed by atoms with E-state index in [0.29, 0.717) is 17.6 Å². The minimum absolute atomic E-state index is 0.578. The molecule has 0 amide bonds. The Morgan fingerprint density at radius 3 is 1.70 bits per heavy atom. The van der Waals surface area contributed by atoms with E-state index in [2.05, 4.69) is 156 Å². The van der Waals surface area contributed by atoms with Gasteiger partial charge in [-0.2, -0.15) is 9.97 Å². The molecule has 7 aromatic carbocycles. The molecule has 9 aromatic rings. The number of fused-ring (bicyclic) bond motifs is 4. The lowest BCUT2D eigenvalue weighted by Crippen LogP contribution is -2.18. The molecule has 3 heterocycles. The molecule has 0 atom stereocenters. The van der Waals surface area contributed by atoms with Gasteiger partial charge in [-0.05, 0) is 58.2 Å². The van der Waals surface area contributed by atoms with Crippen LogP contribution in [-0.2, 0) is 0 Å². The van der Waals surface area contributed by atoms with Gasteiger partial charge >= 0.3 is 0 Å². The molecule has 10 rings (SSSR count). The van der Waals surface area contributed by atoms with Crippen LogP contribution in [0.4, 0.5) is 11.4 Å². The van der Waals surface area contributed by atoms with Crippen LogP contribution in [0.15, 0.2) is 207 Å². The highest BCUT2D eigenvalue weighted by Crippen LogP contribution is 2.39. The fourth-order valence-electron chi connectivity index (χ4n) is 7.78. The van der Waals surface area contributed by atoms with Crippen molar-refractivity contribution >= 4 is 38.8 Å². The Kier molecular flexibility index (Phi) is 8.65. The van der Waals surface area contributed by atoms with Crippen molar-refractivity contribution in [3.63, 3.8) is 0 Å². The maximum Gasteiger partial charge on any atom is 0.238 e. The van der Waals surface area contributed by atoms with Crippen LogP contribution in [0.3, 0.4) is 0 Å². The lowest BCUT2D eigenvalue weighted by Gasteiger charge is -2.27. The van der Waals surface area contributed by atoms with Gasteiger partial charge in [0.2, 0.25) is 5.95 Å². The van der Waals surface area contributed by atoms with Crippen molar-refractivity contribution < 1.29 is 0 Å².